The van der Waals surface area contributed by atoms with Crippen molar-refractivity contribution in [1.29, 1.82) is 0 Å². The minimum absolute atomic E-state index is 0.0748. The van der Waals surface area contributed by atoms with E-state index in [0.717, 1.165) is 41.3 Å². The molecule has 1 aromatic heterocycles. The summed E-state index contributed by atoms with van der Waals surface area (Å²) in [5.41, 5.74) is 5.56. The second-order valence-corrected chi connectivity index (χ2v) is 8.80. The number of hydrogen-bond acceptors (Lipinski definition) is 3. The maximum Gasteiger partial charge on any atom is 0.227 e. The van der Waals surface area contributed by atoms with E-state index >= 15 is 0 Å². The molecule has 1 saturated heterocycles. The van der Waals surface area contributed by atoms with Crippen molar-refractivity contribution in [1.82, 2.24) is 9.55 Å². The molecule has 1 aliphatic heterocycles. The van der Waals surface area contributed by atoms with Gasteiger partial charge in [-0.1, -0.05) is 36.4 Å². The lowest BCUT2D eigenvalue weighted by molar-refractivity contribution is -0.117. The average molecular weight is 440 g/mol. The summed E-state index contributed by atoms with van der Waals surface area (Å²) in [5, 5.41) is 0. The number of carbonyl (C=O) groups excluding carboxylic acids is 1. The van der Waals surface area contributed by atoms with Gasteiger partial charge in [-0.25, -0.2) is 4.98 Å². The molecular weight excluding hydrogens is 410 g/mol. The molecule has 1 amide bonds. The monoisotopic (exact) mass is 439 g/mol. The third kappa shape index (κ3) is 4.36. The van der Waals surface area contributed by atoms with Crippen LogP contribution in [-0.4, -0.2) is 28.6 Å². The zero-order chi connectivity index (χ0) is 22.8. The second kappa shape index (κ2) is 9.10. The van der Waals surface area contributed by atoms with E-state index in [1.165, 1.54) is 11.1 Å². The number of benzene rings is 3. The molecule has 5 rings (SSSR count). The van der Waals surface area contributed by atoms with Gasteiger partial charge in [0.05, 0.1) is 17.6 Å². The molecule has 4 aromatic rings. The Balaban J connectivity index is 1.33. The summed E-state index contributed by atoms with van der Waals surface area (Å²) >= 11 is 0. The van der Waals surface area contributed by atoms with Crippen LogP contribution in [0.25, 0.3) is 11.0 Å². The number of carbonyl (C=O) groups is 1. The Morgan fingerprint density at radius 3 is 2.58 bits per heavy atom. The third-order valence-corrected chi connectivity index (χ3v) is 6.52. The second-order valence-electron chi connectivity index (χ2n) is 8.80. The Labute approximate surface area is 194 Å². The van der Waals surface area contributed by atoms with Gasteiger partial charge in [-0.2, -0.15) is 0 Å². The van der Waals surface area contributed by atoms with Gasteiger partial charge in [0.2, 0.25) is 5.91 Å². The van der Waals surface area contributed by atoms with Gasteiger partial charge in [-0.3, -0.25) is 4.79 Å². The van der Waals surface area contributed by atoms with Crippen LogP contribution in [0.3, 0.4) is 0 Å². The fraction of sp³-hybridized carbons (Fsp3) is 0.286. The first-order valence-corrected chi connectivity index (χ1v) is 11.6. The van der Waals surface area contributed by atoms with Crippen LogP contribution < -0.4 is 9.64 Å². The normalized spacial score (nSPS) is 16.0. The van der Waals surface area contributed by atoms with E-state index in [1.807, 2.05) is 59.5 Å². The number of para-hydroxylation sites is 3. The number of aryl methyl sites for hydroxylation is 3. The summed E-state index contributed by atoms with van der Waals surface area (Å²) in [5.74, 6) is 2.14. The molecule has 2 heterocycles. The van der Waals surface area contributed by atoms with Crippen molar-refractivity contribution in [3.8, 4) is 5.75 Å². The molecule has 1 fully saturated rings. The first-order valence-electron chi connectivity index (χ1n) is 11.6. The summed E-state index contributed by atoms with van der Waals surface area (Å²) < 4.78 is 8.30. The minimum atomic E-state index is 0.0748. The van der Waals surface area contributed by atoms with Crippen LogP contribution in [0.2, 0.25) is 0 Å². The lowest BCUT2D eigenvalue weighted by atomic mass is 10.1. The van der Waals surface area contributed by atoms with Crippen molar-refractivity contribution in [2.45, 2.75) is 39.2 Å². The predicted octanol–water partition coefficient (Wildman–Crippen LogP) is 5.64. The van der Waals surface area contributed by atoms with Gasteiger partial charge in [-0.15, -0.1) is 0 Å². The molecule has 0 saturated carbocycles. The Bertz CT molecular complexity index is 1280. The summed E-state index contributed by atoms with van der Waals surface area (Å²) in [6.07, 6.45) is 1.35. The number of ether oxygens (including phenoxy) is 1. The number of fused-ring (bicyclic) bond motifs is 1. The largest absolute Gasteiger partial charge is 0.494 e. The third-order valence-electron chi connectivity index (χ3n) is 6.52. The van der Waals surface area contributed by atoms with Crippen molar-refractivity contribution in [3.63, 3.8) is 0 Å². The van der Waals surface area contributed by atoms with Crippen LogP contribution in [0, 0.1) is 13.8 Å². The molecule has 0 bridgehead atoms. The highest BCUT2D eigenvalue weighted by Crippen LogP contribution is 2.33. The molecule has 3 aromatic carbocycles. The van der Waals surface area contributed by atoms with Crippen LogP contribution in [-0.2, 0) is 11.3 Å². The Morgan fingerprint density at radius 2 is 1.76 bits per heavy atom. The highest BCUT2D eigenvalue weighted by molar-refractivity contribution is 5.96. The lowest BCUT2D eigenvalue weighted by Crippen LogP contribution is -2.24. The standard InChI is InChI=1S/C28H29N3O2/c1-20-13-14-24(17-21(20)2)33-16-8-15-30-26-12-7-6-11-25(26)29-28(30)22-18-27(32)31(19-22)23-9-4-3-5-10-23/h3-7,9-14,17,22H,8,15-16,18-19H2,1-2H3. The highest BCUT2D eigenvalue weighted by atomic mass is 16.5. The fourth-order valence-corrected chi connectivity index (χ4v) is 4.60. The first-order chi connectivity index (χ1) is 16.1. The fourth-order valence-electron chi connectivity index (χ4n) is 4.60. The number of imidazole rings is 1. The van der Waals surface area contributed by atoms with Crippen molar-refractivity contribution >= 4 is 22.6 Å². The van der Waals surface area contributed by atoms with Crippen molar-refractivity contribution in [3.05, 3.63) is 89.7 Å². The highest BCUT2D eigenvalue weighted by Gasteiger charge is 2.34. The summed E-state index contributed by atoms with van der Waals surface area (Å²) in [6.45, 7) is 6.31. The van der Waals surface area contributed by atoms with E-state index < -0.39 is 0 Å². The van der Waals surface area contributed by atoms with E-state index in [2.05, 4.69) is 36.6 Å². The van der Waals surface area contributed by atoms with E-state index in [4.69, 9.17) is 9.72 Å². The summed E-state index contributed by atoms with van der Waals surface area (Å²) in [6, 6.07) is 24.4. The van der Waals surface area contributed by atoms with Crippen LogP contribution in [0.5, 0.6) is 5.75 Å². The van der Waals surface area contributed by atoms with E-state index in [0.29, 0.717) is 19.6 Å². The number of hydrogen-bond donors (Lipinski definition) is 0. The van der Waals surface area contributed by atoms with Gasteiger partial charge in [0.25, 0.3) is 0 Å². The number of anilines is 1. The van der Waals surface area contributed by atoms with Gasteiger partial charge in [0.15, 0.2) is 0 Å². The molecule has 0 N–H and O–H groups in total. The minimum Gasteiger partial charge on any atom is -0.494 e. The van der Waals surface area contributed by atoms with Crippen molar-refractivity contribution in [2.24, 2.45) is 0 Å². The number of amides is 1. The Kier molecular flexibility index (Phi) is 5.86. The van der Waals surface area contributed by atoms with Gasteiger partial charge < -0.3 is 14.2 Å². The molecule has 168 valence electrons. The summed E-state index contributed by atoms with van der Waals surface area (Å²) in [4.78, 5) is 19.7. The topological polar surface area (TPSA) is 47.4 Å². The zero-order valence-electron chi connectivity index (χ0n) is 19.2. The first kappa shape index (κ1) is 21.3. The van der Waals surface area contributed by atoms with E-state index in [-0.39, 0.29) is 11.8 Å². The molecule has 5 nitrogen and oxygen atoms in total. The van der Waals surface area contributed by atoms with Crippen LogP contribution >= 0.6 is 0 Å². The molecule has 0 spiro atoms. The molecule has 1 unspecified atom stereocenters. The molecule has 33 heavy (non-hydrogen) atoms. The Morgan fingerprint density at radius 1 is 0.970 bits per heavy atom. The quantitative estimate of drug-likeness (QED) is 0.350. The van der Waals surface area contributed by atoms with Crippen molar-refractivity contribution in [2.75, 3.05) is 18.1 Å². The Hall–Kier alpha value is -3.60. The molecule has 1 atom stereocenters. The predicted molar refractivity (Wildman–Crippen MR) is 132 cm³/mol. The number of aromatic nitrogens is 2. The van der Waals surface area contributed by atoms with Crippen LogP contribution in [0.1, 0.15) is 35.7 Å². The van der Waals surface area contributed by atoms with Crippen LogP contribution in [0.4, 0.5) is 5.69 Å². The lowest BCUT2D eigenvalue weighted by Gasteiger charge is -2.17. The maximum atomic E-state index is 12.8. The SMILES string of the molecule is Cc1ccc(OCCCn2c(C3CC(=O)N(c4ccccc4)C3)nc3ccccc32)cc1C. The van der Waals surface area contributed by atoms with E-state index in [9.17, 15) is 4.79 Å². The van der Waals surface area contributed by atoms with E-state index in [1.54, 1.807) is 0 Å². The van der Waals surface area contributed by atoms with Gasteiger partial charge in [0, 0.05) is 31.1 Å². The molecule has 1 aliphatic rings. The molecule has 0 aliphatic carbocycles. The summed E-state index contributed by atoms with van der Waals surface area (Å²) in [7, 11) is 0. The zero-order valence-corrected chi connectivity index (χ0v) is 19.2. The number of nitrogens with zero attached hydrogens (tertiary/aromatic N) is 3. The molecule has 0 radical (unpaired) electrons. The average Bonchev–Trinajstić information content (AvgIpc) is 3.40. The van der Waals surface area contributed by atoms with Gasteiger partial charge in [0.1, 0.15) is 11.6 Å². The van der Waals surface area contributed by atoms with Gasteiger partial charge in [-0.05, 0) is 67.8 Å². The van der Waals surface area contributed by atoms with Crippen molar-refractivity contribution < 1.29 is 9.53 Å². The molecular formula is C28H29N3O2. The van der Waals surface area contributed by atoms with Gasteiger partial charge >= 0.3 is 0 Å². The molecule has 5 heteroatoms. The number of rotatable bonds is 7. The maximum absolute atomic E-state index is 12.8. The van der Waals surface area contributed by atoms with Crippen LogP contribution in [0.15, 0.2) is 72.8 Å². The smallest absolute Gasteiger partial charge is 0.227 e.